The second-order valence-corrected chi connectivity index (χ2v) is 7.22. The van der Waals surface area contributed by atoms with E-state index < -0.39 is 5.97 Å². The summed E-state index contributed by atoms with van der Waals surface area (Å²) in [6.07, 6.45) is 4.47. The minimum Gasteiger partial charge on any atom is -0.465 e. The third-order valence-electron chi connectivity index (χ3n) is 4.12. The highest BCUT2D eigenvalue weighted by Crippen LogP contribution is 2.31. The van der Waals surface area contributed by atoms with Gasteiger partial charge in [0.1, 0.15) is 0 Å². The Morgan fingerprint density at radius 3 is 2.88 bits per heavy atom. The summed E-state index contributed by atoms with van der Waals surface area (Å²) in [6, 6.07) is 4.96. The number of amides is 1. The predicted octanol–water partition coefficient (Wildman–Crippen LogP) is 2.96. The number of aromatic nitrogens is 4. The zero-order valence-corrected chi connectivity index (χ0v) is 15.7. The number of nitrogens with one attached hydrogen (secondary N) is 1. The first-order valence-corrected chi connectivity index (χ1v) is 9.53. The van der Waals surface area contributed by atoms with Crippen LogP contribution in [0.15, 0.2) is 23.4 Å². The van der Waals surface area contributed by atoms with Gasteiger partial charge in [-0.2, -0.15) is 0 Å². The van der Waals surface area contributed by atoms with Crippen molar-refractivity contribution in [2.75, 3.05) is 18.2 Å². The fourth-order valence-electron chi connectivity index (χ4n) is 2.86. The number of hydrogen-bond acceptors (Lipinski definition) is 7. The molecule has 1 saturated carbocycles. The lowest BCUT2D eigenvalue weighted by Gasteiger charge is -2.11. The fraction of sp³-hybridized carbons (Fsp3) is 0.438. The number of tetrazole rings is 1. The maximum Gasteiger partial charge on any atom is 0.339 e. The van der Waals surface area contributed by atoms with Crippen LogP contribution in [0.1, 0.15) is 42.1 Å². The minimum absolute atomic E-state index is 0.156. The normalized spacial score (nSPS) is 14.4. The Hall–Kier alpha value is -2.13. The third kappa shape index (κ3) is 4.34. The van der Waals surface area contributed by atoms with Gasteiger partial charge in [0.15, 0.2) is 0 Å². The number of esters is 1. The van der Waals surface area contributed by atoms with Gasteiger partial charge >= 0.3 is 5.97 Å². The molecule has 0 radical (unpaired) electrons. The molecule has 1 N–H and O–H groups in total. The third-order valence-corrected chi connectivity index (χ3v) is 5.38. The van der Waals surface area contributed by atoms with Crippen molar-refractivity contribution >= 4 is 40.9 Å². The van der Waals surface area contributed by atoms with Crippen molar-refractivity contribution in [2.24, 2.45) is 0 Å². The smallest absolute Gasteiger partial charge is 0.339 e. The topological polar surface area (TPSA) is 99.0 Å². The second-order valence-electron chi connectivity index (χ2n) is 5.87. The number of nitrogens with zero attached hydrogens (tertiary/aromatic N) is 4. The molecule has 1 amide bonds. The van der Waals surface area contributed by atoms with Crippen LogP contribution in [-0.4, -0.2) is 44.9 Å². The number of methoxy groups -OCH3 is 1. The second kappa shape index (κ2) is 8.50. The van der Waals surface area contributed by atoms with Crippen molar-refractivity contribution in [3.05, 3.63) is 28.8 Å². The van der Waals surface area contributed by atoms with Crippen LogP contribution in [0.25, 0.3) is 0 Å². The fourth-order valence-corrected chi connectivity index (χ4v) is 3.79. The van der Waals surface area contributed by atoms with Gasteiger partial charge in [-0.1, -0.05) is 36.2 Å². The lowest BCUT2D eigenvalue weighted by atomic mass is 10.2. The minimum atomic E-state index is -0.559. The average Bonchev–Trinajstić information content (AvgIpc) is 3.32. The zero-order chi connectivity index (χ0) is 18.5. The van der Waals surface area contributed by atoms with E-state index in [4.69, 9.17) is 11.6 Å². The van der Waals surface area contributed by atoms with E-state index in [1.807, 2.05) is 4.68 Å². The summed E-state index contributed by atoms with van der Waals surface area (Å²) in [7, 11) is 1.27. The van der Waals surface area contributed by atoms with E-state index >= 15 is 0 Å². The molecule has 8 nitrogen and oxygen atoms in total. The van der Waals surface area contributed by atoms with Crippen LogP contribution in [0.3, 0.4) is 0 Å². The van der Waals surface area contributed by atoms with E-state index in [0.717, 1.165) is 12.8 Å². The van der Waals surface area contributed by atoms with Gasteiger partial charge < -0.3 is 10.1 Å². The number of anilines is 1. The van der Waals surface area contributed by atoms with Crippen LogP contribution >= 0.6 is 23.4 Å². The molecule has 0 spiro atoms. The summed E-state index contributed by atoms with van der Waals surface area (Å²) >= 11 is 7.26. The van der Waals surface area contributed by atoms with Crippen LogP contribution in [-0.2, 0) is 9.53 Å². The van der Waals surface area contributed by atoms with E-state index in [0.29, 0.717) is 16.9 Å². The molecule has 1 aromatic heterocycles. The number of hydrogen-bond donors (Lipinski definition) is 1. The van der Waals surface area contributed by atoms with E-state index in [2.05, 4.69) is 25.6 Å². The Morgan fingerprint density at radius 1 is 1.38 bits per heavy atom. The molecule has 1 aromatic carbocycles. The summed E-state index contributed by atoms with van der Waals surface area (Å²) < 4.78 is 6.48. The molecule has 1 heterocycles. The first-order valence-electron chi connectivity index (χ1n) is 8.17. The molecule has 1 aliphatic rings. The molecule has 1 aliphatic carbocycles. The molecule has 0 saturated heterocycles. The summed E-state index contributed by atoms with van der Waals surface area (Å²) in [5.74, 6) is -0.631. The van der Waals surface area contributed by atoms with Gasteiger partial charge in [0, 0.05) is 5.69 Å². The summed E-state index contributed by atoms with van der Waals surface area (Å²) in [4.78, 5) is 23.9. The molecule has 0 aliphatic heterocycles. The van der Waals surface area contributed by atoms with Crippen molar-refractivity contribution in [3.63, 3.8) is 0 Å². The molecule has 26 heavy (non-hydrogen) atoms. The standard InChI is InChI=1S/C16H18ClN5O3S/c1-25-15(24)12-8-10(6-7-13(12)17)18-14(23)9-26-16-19-20-21-22(16)11-4-2-3-5-11/h6-8,11H,2-5,9H2,1H3,(H,18,23). The molecule has 0 bridgehead atoms. The Bertz CT molecular complexity index is 807. The van der Waals surface area contributed by atoms with E-state index in [1.165, 1.54) is 43.8 Å². The molecule has 2 aromatic rings. The molecule has 3 rings (SSSR count). The highest BCUT2D eigenvalue weighted by atomic mass is 35.5. The lowest BCUT2D eigenvalue weighted by molar-refractivity contribution is -0.113. The molecule has 1 fully saturated rings. The monoisotopic (exact) mass is 395 g/mol. The van der Waals surface area contributed by atoms with Crippen LogP contribution < -0.4 is 5.32 Å². The van der Waals surface area contributed by atoms with Crippen LogP contribution in [0.2, 0.25) is 5.02 Å². The van der Waals surface area contributed by atoms with Crippen molar-refractivity contribution in [2.45, 2.75) is 36.9 Å². The van der Waals surface area contributed by atoms with Gasteiger partial charge in [0.2, 0.25) is 11.1 Å². The van der Waals surface area contributed by atoms with Crippen molar-refractivity contribution in [3.8, 4) is 0 Å². The highest BCUT2D eigenvalue weighted by molar-refractivity contribution is 7.99. The Morgan fingerprint density at radius 2 is 2.15 bits per heavy atom. The van der Waals surface area contributed by atoms with Crippen molar-refractivity contribution < 1.29 is 14.3 Å². The maximum absolute atomic E-state index is 12.2. The quantitative estimate of drug-likeness (QED) is 0.592. The summed E-state index contributed by atoms with van der Waals surface area (Å²) in [6.45, 7) is 0. The number of rotatable bonds is 6. The van der Waals surface area contributed by atoms with Gasteiger partial charge in [0.25, 0.3) is 0 Å². The molecular formula is C16H18ClN5O3S. The molecule has 10 heteroatoms. The summed E-state index contributed by atoms with van der Waals surface area (Å²) in [5, 5.41) is 15.4. The molecular weight excluding hydrogens is 378 g/mol. The van der Waals surface area contributed by atoms with E-state index in [-0.39, 0.29) is 22.2 Å². The average molecular weight is 396 g/mol. The number of thioether (sulfide) groups is 1. The van der Waals surface area contributed by atoms with Crippen LogP contribution in [0.4, 0.5) is 5.69 Å². The maximum atomic E-state index is 12.2. The van der Waals surface area contributed by atoms with Gasteiger partial charge in [-0.3, -0.25) is 4.79 Å². The zero-order valence-electron chi connectivity index (χ0n) is 14.1. The molecule has 138 valence electrons. The molecule has 0 atom stereocenters. The van der Waals surface area contributed by atoms with Gasteiger partial charge in [-0.25, -0.2) is 9.48 Å². The van der Waals surface area contributed by atoms with E-state index in [1.54, 1.807) is 6.07 Å². The number of carbonyl (C=O) groups is 2. The first-order chi connectivity index (χ1) is 12.6. The summed E-state index contributed by atoms with van der Waals surface area (Å²) in [5.41, 5.74) is 0.667. The first kappa shape index (κ1) is 18.7. The number of benzene rings is 1. The van der Waals surface area contributed by atoms with Gasteiger partial charge in [-0.05, 0) is 41.5 Å². The molecule has 0 unspecified atom stereocenters. The van der Waals surface area contributed by atoms with Gasteiger partial charge in [0.05, 0.1) is 29.5 Å². The SMILES string of the molecule is COC(=O)c1cc(NC(=O)CSc2nnnn2C2CCCC2)ccc1Cl. The Kier molecular flexibility index (Phi) is 6.10. The van der Waals surface area contributed by atoms with Gasteiger partial charge in [-0.15, -0.1) is 5.10 Å². The van der Waals surface area contributed by atoms with Crippen LogP contribution in [0.5, 0.6) is 0 Å². The highest BCUT2D eigenvalue weighted by Gasteiger charge is 2.22. The number of carbonyl (C=O) groups excluding carboxylic acids is 2. The number of ether oxygens (including phenoxy) is 1. The Balaban J connectivity index is 1.60. The largest absolute Gasteiger partial charge is 0.465 e. The van der Waals surface area contributed by atoms with Crippen molar-refractivity contribution in [1.82, 2.24) is 20.2 Å². The van der Waals surface area contributed by atoms with Crippen molar-refractivity contribution in [1.29, 1.82) is 0 Å². The number of halogens is 1. The lowest BCUT2D eigenvalue weighted by Crippen LogP contribution is -2.16. The van der Waals surface area contributed by atoms with Crippen LogP contribution in [0, 0.1) is 0 Å². The van der Waals surface area contributed by atoms with E-state index in [9.17, 15) is 9.59 Å². The Labute approximate surface area is 159 Å². The predicted molar refractivity (Wildman–Crippen MR) is 97.5 cm³/mol.